The third-order valence-electron chi connectivity index (χ3n) is 5.76. The number of dihydropyridines is 1. The normalized spacial score (nSPS) is 19.5. The molecule has 146 valence electrons. The number of amidine groups is 2. The van der Waals surface area contributed by atoms with Gasteiger partial charge < -0.3 is 9.97 Å². The molecule has 0 aliphatic carbocycles. The van der Waals surface area contributed by atoms with E-state index in [0.717, 1.165) is 50.2 Å². The molecule has 2 aromatic heterocycles. The number of hydrogen-bond acceptors (Lipinski definition) is 6. The number of allylic oxidation sites excluding steroid dienone is 2. The van der Waals surface area contributed by atoms with Crippen molar-refractivity contribution in [3.05, 3.63) is 77.9 Å². The first-order valence-corrected chi connectivity index (χ1v) is 9.91. The smallest absolute Gasteiger partial charge is 0.145 e. The van der Waals surface area contributed by atoms with E-state index in [2.05, 4.69) is 42.1 Å². The lowest BCUT2D eigenvalue weighted by Crippen LogP contribution is -2.32. The number of H-pyrrole nitrogens is 2. The fraction of sp³-hybridized carbons (Fsp3) is 0.0435. The minimum absolute atomic E-state index is 0.158. The lowest BCUT2D eigenvalue weighted by molar-refractivity contribution is 1.04. The van der Waals surface area contributed by atoms with Crippen LogP contribution < -0.4 is 0 Å². The molecule has 1 unspecified atom stereocenters. The van der Waals surface area contributed by atoms with E-state index in [4.69, 9.17) is 9.98 Å². The molecule has 0 saturated carbocycles. The van der Waals surface area contributed by atoms with Crippen LogP contribution >= 0.6 is 0 Å². The van der Waals surface area contributed by atoms with Crippen molar-refractivity contribution in [3.8, 4) is 0 Å². The Morgan fingerprint density at radius 1 is 0.742 bits per heavy atom. The first kappa shape index (κ1) is 16.3. The molecule has 5 heterocycles. The highest BCUT2D eigenvalue weighted by molar-refractivity contribution is 6.28. The van der Waals surface area contributed by atoms with Gasteiger partial charge in [0.1, 0.15) is 23.9 Å². The van der Waals surface area contributed by atoms with Crippen molar-refractivity contribution < 1.29 is 0 Å². The number of imidazole rings is 2. The van der Waals surface area contributed by atoms with Crippen molar-refractivity contribution >= 4 is 51.5 Å². The van der Waals surface area contributed by atoms with Gasteiger partial charge in [0, 0.05) is 11.1 Å². The summed E-state index contributed by atoms with van der Waals surface area (Å²) in [4.78, 5) is 33.9. The maximum absolute atomic E-state index is 4.84. The lowest BCUT2D eigenvalue weighted by Gasteiger charge is -2.27. The quantitative estimate of drug-likeness (QED) is 0.534. The maximum atomic E-state index is 4.84. The molecular weight excluding hydrogens is 388 g/mol. The Morgan fingerprint density at radius 2 is 1.48 bits per heavy atom. The molecule has 2 aromatic carbocycles. The second kappa shape index (κ2) is 6.02. The summed E-state index contributed by atoms with van der Waals surface area (Å²) in [7, 11) is 0. The number of nitrogens with zero attached hydrogens (tertiary/aromatic N) is 6. The zero-order valence-electron chi connectivity index (χ0n) is 16.1. The van der Waals surface area contributed by atoms with Crippen LogP contribution in [-0.4, -0.2) is 43.7 Å². The van der Waals surface area contributed by atoms with Gasteiger partial charge in [-0.15, -0.1) is 0 Å². The number of fused-ring (bicyclic) bond motifs is 2. The first-order chi connectivity index (χ1) is 15.3. The Morgan fingerprint density at radius 3 is 2.29 bits per heavy atom. The number of nitrogens with one attached hydrogen (secondary N) is 2. The molecule has 8 nitrogen and oxygen atoms in total. The molecule has 0 spiro atoms. The zero-order valence-corrected chi connectivity index (χ0v) is 16.1. The van der Waals surface area contributed by atoms with E-state index in [1.54, 1.807) is 12.7 Å². The molecule has 1 atom stereocenters. The van der Waals surface area contributed by atoms with Crippen molar-refractivity contribution in [2.75, 3.05) is 0 Å². The van der Waals surface area contributed by atoms with E-state index >= 15 is 0 Å². The second-order valence-corrected chi connectivity index (χ2v) is 7.51. The van der Waals surface area contributed by atoms with Crippen molar-refractivity contribution in [2.24, 2.45) is 25.9 Å². The minimum Gasteiger partial charge on any atom is -0.345 e. The topological polar surface area (TPSA) is 107 Å². The highest BCUT2D eigenvalue weighted by atomic mass is 15.1. The van der Waals surface area contributed by atoms with Crippen LogP contribution in [0.1, 0.15) is 11.1 Å². The molecule has 0 radical (unpaired) electrons. The molecular formula is C23H14N8. The van der Waals surface area contributed by atoms with E-state index in [1.807, 2.05) is 36.4 Å². The van der Waals surface area contributed by atoms with Crippen molar-refractivity contribution in [1.29, 1.82) is 0 Å². The molecule has 0 saturated heterocycles. The van der Waals surface area contributed by atoms with Crippen LogP contribution in [0, 0.1) is 5.92 Å². The van der Waals surface area contributed by atoms with Crippen LogP contribution in [-0.2, 0) is 0 Å². The summed E-state index contributed by atoms with van der Waals surface area (Å²) in [5.41, 5.74) is 8.35. The first-order valence-electron chi connectivity index (χ1n) is 9.91. The summed E-state index contributed by atoms with van der Waals surface area (Å²) in [5, 5.41) is 0. The second-order valence-electron chi connectivity index (χ2n) is 7.51. The lowest BCUT2D eigenvalue weighted by atomic mass is 9.87. The Kier molecular flexibility index (Phi) is 3.18. The predicted octanol–water partition coefficient (Wildman–Crippen LogP) is 3.68. The van der Waals surface area contributed by atoms with E-state index in [9.17, 15) is 0 Å². The van der Waals surface area contributed by atoms with E-state index in [1.165, 1.54) is 6.34 Å². The van der Waals surface area contributed by atoms with Gasteiger partial charge >= 0.3 is 0 Å². The van der Waals surface area contributed by atoms with E-state index in [-0.39, 0.29) is 5.92 Å². The Bertz CT molecular complexity index is 1510. The Balaban J connectivity index is 1.44. The summed E-state index contributed by atoms with van der Waals surface area (Å²) in [5.74, 6) is 1.23. The number of aliphatic imine (C=N–C) groups is 4. The van der Waals surface area contributed by atoms with Gasteiger partial charge in [0.2, 0.25) is 0 Å². The molecule has 7 rings (SSSR count). The highest BCUT2D eigenvalue weighted by Gasteiger charge is 2.34. The number of rotatable bonds is 2. The maximum Gasteiger partial charge on any atom is 0.145 e. The number of hydrogen-bond donors (Lipinski definition) is 2. The fourth-order valence-electron chi connectivity index (χ4n) is 4.35. The summed E-state index contributed by atoms with van der Waals surface area (Å²) in [6, 6.07) is 12.1. The number of aromatic amines is 2. The minimum atomic E-state index is -0.158. The Hall–Kier alpha value is -4.46. The monoisotopic (exact) mass is 402 g/mol. The number of aromatic nitrogens is 4. The summed E-state index contributed by atoms with van der Waals surface area (Å²) in [6.07, 6.45) is 9.11. The Labute approximate surface area is 175 Å². The van der Waals surface area contributed by atoms with Crippen molar-refractivity contribution in [2.45, 2.75) is 0 Å². The van der Waals surface area contributed by atoms with Gasteiger partial charge in [-0.25, -0.2) is 29.9 Å². The van der Waals surface area contributed by atoms with E-state index < -0.39 is 0 Å². The highest BCUT2D eigenvalue weighted by Crippen LogP contribution is 2.36. The molecule has 8 heteroatoms. The van der Waals surface area contributed by atoms with Crippen molar-refractivity contribution in [1.82, 2.24) is 19.9 Å². The van der Waals surface area contributed by atoms with Crippen LogP contribution in [0.5, 0.6) is 0 Å². The molecule has 31 heavy (non-hydrogen) atoms. The molecule has 2 N–H and O–H groups in total. The summed E-state index contributed by atoms with van der Waals surface area (Å²) >= 11 is 0. The molecule has 0 amide bonds. The largest absolute Gasteiger partial charge is 0.345 e. The number of benzene rings is 2. The van der Waals surface area contributed by atoms with Crippen molar-refractivity contribution in [3.63, 3.8) is 0 Å². The predicted molar refractivity (Wildman–Crippen MR) is 122 cm³/mol. The van der Waals surface area contributed by atoms with Gasteiger partial charge in [0.05, 0.1) is 46.1 Å². The average Bonchev–Trinajstić information content (AvgIpc) is 3.48. The van der Waals surface area contributed by atoms with Gasteiger partial charge in [-0.05, 0) is 29.9 Å². The van der Waals surface area contributed by atoms with Crippen LogP contribution in [0.15, 0.2) is 86.7 Å². The third-order valence-corrected chi connectivity index (χ3v) is 5.76. The molecule has 0 fully saturated rings. The molecule has 0 bridgehead atoms. The zero-order chi connectivity index (χ0) is 20.4. The fourth-order valence-corrected chi connectivity index (χ4v) is 4.35. The molecule has 3 aliphatic heterocycles. The van der Waals surface area contributed by atoms with Crippen LogP contribution in [0.25, 0.3) is 27.8 Å². The summed E-state index contributed by atoms with van der Waals surface area (Å²) < 4.78 is 0. The SMILES string of the molecule is C1=NC2=NC(c3cccc4[nH]cnc34)=CC3=CC(c4cccc5[nH]cnc45)=NC(=N1)C32. The summed E-state index contributed by atoms with van der Waals surface area (Å²) in [6.45, 7) is 0. The molecule has 3 aliphatic rings. The van der Waals surface area contributed by atoms with Crippen LogP contribution in [0.2, 0.25) is 0 Å². The van der Waals surface area contributed by atoms with Gasteiger partial charge in [0.15, 0.2) is 0 Å². The van der Waals surface area contributed by atoms with Gasteiger partial charge in [-0.2, -0.15) is 0 Å². The van der Waals surface area contributed by atoms with Crippen LogP contribution in [0.4, 0.5) is 0 Å². The van der Waals surface area contributed by atoms with E-state index in [0.29, 0.717) is 11.7 Å². The number of para-hydroxylation sites is 2. The van der Waals surface area contributed by atoms with Gasteiger partial charge in [0.25, 0.3) is 0 Å². The van der Waals surface area contributed by atoms with Gasteiger partial charge in [-0.3, -0.25) is 0 Å². The standard InChI is InChI=1S/C23H14N8/c1-3-13(20-15(5-1)24-9-26-20)17-7-12-8-18(14-4-2-6-16-21(14)27-10-25-16)31-23-19(12)22(30-17)28-11-29-23/h1-11,19H,(H,24,26)(H,25,27). The van der Waals surface area contributed by atoms with Crippen LogP contribution in [0.3, 0.4) is 0 Å². The third kappa shape index (κ3) is 2.35. The molecule has 4 aromatic rings. The average molecular weight is 402 g/mol. The van der Waals surface area contributed by atoms with Gasteiger partial charge in [-0.1, -0.05) is 24.3 Å².